The lowest BCUT2D eigenvalue weighted by molar-refractivity contribution is -0.121. The zero-order chi connectivity index (χ0) is 23.3. The predicted molar refractivity (Wildman–Crippen MR) is 147 cm³/mol. The smallest absolute Gasteiger partial charge is 0.236 e. The fourth-order valence-electron chi connectivity index (χ4n) is 6.21. The van der Waals surface area contributed by atoms with Gasteiger partial charge in [-0.15, -0.1) is 24.8 Å². The van der Waals surface area contributed by atoms with E-state index in [0.717, 1.165) is 29.1 Å². The highest BCUT2D eigenvalue weighted by Gasteiger charge is 2.46. The van der Waals surface area contributed by atoms with E-state index in [0.29, 0.717) is 24.0 Å². The van der Waals surface area contributed by atoms with Crippen molar-refractivity contribution >= 4 is 36.4 Å². The summed E-state index contributed by atoms with van der Waals surface area (Å²) in [6.07, 6.45) is 3.90. The Labute approximate surface area is 222 Å². The summed E-state index contributed by atoms with van der Waals surface area (Å²) in [4.78, 5) is 14.7. The molecule has 2 aromatic carbocycles. The van der Waals surface area contributed by atoms with Crippen LogP contribution in [0.3, 0.4) is 0 Å². The van der Waals surface area contributed by atoms with Gasteiger partial charge in [0, 0.05) is 43.3 Å². The summed E-state index contributed by atoms with van der Waals surface area (Å²) in [5, 5.41) is 7.86. The molecular weight excluding hydrogens is 481 g/mol. The topological polar surface area (TPSA) is 53.6 Å². The quantitative estimate of drug-likeness (QED) is 0.525. The number of rotatable bonds is 6. The van der Waals surface area contributed by atoms with Crippen LogP contribution < -0.4 is 20.3 Å². The number of likely N-dealkylation sites (N-methyl/N-ethyl adjacent to an activating group) is 1. The number of amides is 1. The van der Waals surface area contributed by atoms with E-state index in [1.807, 2.05) is 20.9 Å². The van der Waals surface area contributed by atoms with Crippen LogP contribution in [-0.4, -0.2) is 31.1 Å². The van der Waals surface area contributed by atoms with Crippen molar-refractivity contribution in [3.05, 3.63) is 59.2 Å². The van der Waals surface area contributed by atoms with Crippen LogP contribution in [0.2, 0.25) is 0 Å². The SMILES string of the molecule is CC(C)Oc1cc2c(cc1CNC1C(c3ccccc3)NC3CCCC31)C(C)(C)C(=O)N2C.Cl.Cl. The van der Waals surface area contributed by atoms with Gasteiger partial charge >= 0.3 is 0 Å². The van der Waals surface area contributed by atoms with Gasteiger partial charge in [-0.2, -0.15) is 0 Å². The molecule has 2 N–H and O–H groups in total. The first-order chi connectivity index (χ1) is 15.8. The Morgan fingerprint density at radius 3 is 2.54 bits per heavy atom. The predicted octanol–water partition coefficient (Wildman–Crippen LogP) is 5.54. The molecule has 2 fully saturated rings. The van der Waals surface area contributed by atoms with Gasteiger partial charge in [0.25, 0.3) is 0 Å². The molecule has 4 atom stereocenters. The molecule has 2 heterocycles. The van der Waals surface area contributed by atoms with Crippen LogP contribution in [0.1, 0.15) is 69.7 Å². The molecule has 5 nitrogen and oxygen atoms in total. The molecule has 0 bridgehead atoms. The Morgan fingerprint density at radius 2 is 1.86 bits per heavy atom. The van der Waals surface area contributed by atoms with Gasteiger partial charge in [-0.1, -0.05) is 36.8 Å². The minimum Gasteiger partial charge on any atom is -0.491 e. The van der Waals surface area contributed by atoms with E-state index < -0.39 is 5.41 Å². The molecule has 1 saturated carbocycles. The Hall–Kier alpha value is -1.79. The number of carbonyl (C=O) groups is 1. The first-order valence-corrected chi connectivity index (χ1v) is 12.4. The molecule has 5 rings (SSSR count). The highest BCUT2D eigenvalue weighted by Crippen LogP contribution is 2.45. The van der Waals surface area contributed by atoms with Gasteiger partial charge < -0.3 is 20.3 Å². The molecule has 192 valence electrons. The number of nitrogens with zero attached hydrogens (tertiary/aromatic N) is 1. The number of carbonyl (C=O) groups excluding carboxylic acids is 1. The molecule has 7 heteroatoms. The minimum atomic E-state index is -0.521. The molecule has 0 radical (unpaired) electrons. The summed E-state index contributed by atoms with van der Waals surface area (Å²) in [6, 6.07) is 16.4. The molecule has 1 amide bonds. The van der Waals surface area contributed by atoms with Crippen LogP contribution in [0.4, 0.5) is 5.69 Å². The second-order valence-electron chi connectivity index (χ2n) is 10.8. The van der Waals surface area contributed by atoms with E-state index in [1.165, 1.54) is 24.8 Å². The van der Waals surface area contributed by atoms with E-state index in [2.05, 4.69) is 66.9 Å². The average molecular weight is 521 g/mol. The third-order valence-electron chi connectivity index (χ3n) is 7.89. The lowest BCUT2D eigenvalue weighted by Gasteiger charge is -2.26. The van der Waals surface area contributed by atoms with E-state index in [4.69, 9.17) is 4.74 Å². The molecule has 3 aliphatic rings. The van der Waals surface area contributed by atoms with Crippen LogP contribution >= 0.6 is 24.8 Å². The van der Waals surface area contributed by atoms with Gasteiger partial charge in [0.1, 0.15) is 5.75 Å². The molecule has 0 spiro atoms. The van der Waals surface area contributed by atoms with Crippen molar-refractivity contribution in [1.29, 1.82) is 0 Å². The molecule has 2 aliphatic heterocycles. The van der Waals surface area contributed by atoms with Gasteiger partial charge in [-0.25, -0.2) is 0 Å². The number of benzene rings is 2. The van der Waals surface area contributed by atoms with Gasteiger partial charge in [-0.3, -0.25) is 4.79 Å². The Kier molecular flexibility index (Phi) is 8.48. The third-order valence-corrected chi connectivity index (χ3v) is 7.89. The Morgan fingerprint density at radius 1 is 1.14 bits per heavy atom. The van der Waals surface area contributed by atoms with Crippen molar-refractivity contribution in [2.75, 3.05) is 11.9 Å². The van der Waals surface area contributed by atoms with Crippen molar-refractivity contribution in [3.63, 3.8) is 0 Å². The van der Waals surface area contributed by atoms with Gasteiger partial charge in [-0.05, 0) is 63.6 Å². The van der Waals surface area contributed by atoms with Crippen LogP contribution in [0.25, 0.3) is 0 Å². The van der Waals surface area contributed by atoms with Crippen LogP contribution in [0, 0.1) is 5.92 Å². The van der Waals surface area contributed by atoms with Crippen molar-refractivity contribution in [3.8, 4) is 5.75 Å². The maximum atomic E-state index is 12.9. The zero-order valence-corrected chi connectivity index (χ0v) is 23.0. The standard InChI is InChI=1S/C28H37N3O2.2ClH/c1-17(2)33-24-15-23-21(28(3,4)27(32)31(23)5)14-19(24)16-29-26-20-12-9-13-22(20)30-25(26)18-10-7-6-8-11-18;;/h6-8,10-11,14-15,17,20,22,25-26,29-30H,9,12-13,16H2,1-5H3;2*1H. The zero-order valence-electron chi connectivity index (χ0n) is 21.3. The van der Waals surface area contributed by atoms with Gasteiger partial charge in [0.2, 0.25) is 5.91 Å². The van der Waals surface area contributed by atoms with Crippen molar-refractivity contribution in [2.24, 2.45) is 5.92 Å². The van der Waals surface area contributed by atoms with Crippen molar-refractivity contribution < 1.29 is 9.53 Å². The third kappa shape index (κ3) is 4.93. The molecular formula is C28H39Cl2N3O2. The molecule has 1 aliphatic carbocycles. The van der Waals surface area contributed by atoms with Crippen LogP contribution in [0.5, 0.6) is 5.75 Å². The fourth-order valence-corrected chi connectivity index (χ4v) is 6.21. The van der Waals surface area contributed by atoms with E-state index in [-0.39, 0.29) is 36.8 Å². The highest BCUT2D eigenvalue weighted by molar-refractivity contribution is 6.07. The number of anilines is 1. The van der Waals surface area contributed by atoms with Crippen molar-refractivity contribution in [1.82, 2.24) is 10.6 Å². The lowest BCUT2D eigenvalue weighted by atomic mass is 9.85. The summed E-state index contributed by atoms with van der Waals surface area (Å²) in [5.41, 5.74) is 4.01. The number of fused-ring (bicyclic) bond motifs is 2. The maximum absolute atomic E-state index is 12.9. The van der Waals surface area contributed by atoms with E-state index >= 15 is 0 Å². The number of ether oxygens (including phenoxy) is 1. The molecule has 4 unspecified atom stereocenters. The number of nitrogens with one attached hydrogen (secondary N) is 2. The molecule has 0 aromatic heterocycles. The first kappa shape index (κ1) is 27.8. The monoisotopic (exact) mass is 519 g/mol. The molecule has 2 aromatic rings. The minimum absolute atomic E-state index is 0. The Bertz CT molecular complexity index is 1040. The largest absolute Gasteiger partial charge is 0.491 e. The molecule has 1 saturated heterocycles. The second kappa shape index (κ2) is 10.7. The van der Waals surface area contributed by atoms with E-state index in [9.17, 15) is 4.79 Å². The van der Waals surface area contributed by atoms with Crippen LogP contribution in [-0.2, 0) is 16.8 Å². The summed E-state index contributed by atoms with van der Waals surface area (Å²) >= 11 is 0. The number of hydrogen-bond acceptors (Lipinski definition) is 4. The van der Waals surface area contributed by atoms with Crippen LogP contribution in [0.15, 0.2) is 42.5 Å². The normalized spacial score (nSPS) is 26.2. The first-order valence-electron chi connectivity index (χ1n) is 12.4. The van der Waals surface area contributed by atoms with Gasteiger partial charge in [0.05, 0.1) is 17.2 Å². The summed E-state index contributed by atoms with van der Waals surface area (Å²) in [6.45, 7) is 8.88. The van der Waals surface area contributed by atoms with E-state index in [1.54, 1.807) is 4.90 Å². The Balaban J connectivity index is 0.00000171. The second-order valence-corrected chi connectivity index (χ2v) is 10.8. The van der Waals surface area contributed by atoms with Gasteiger partial charge in [0.15, 0.2) is 0 Å². The van der Waals surface area contributed by atoms with Crippen molar-refractivity contribution in [2.45, 2.75) is 83.1 Å². The lowest BCUT2D eigenvalue weighted by Crippen LogP contribution is -2.38. The summed E-state index contributed by atoms with van der Waals surface area (Å²) in [7, 11) is 1.86. The number of hydrogen-bond donors (Lipinski definition) is 2. The molecule has 35 heavy (non-hydrogen) atoms. The maximum Gasteiger partial charge on any atom is 0.236 e. The highest BCUT2D eigenvalue weighted by atomic mass is 35.5. The summed E-state index contributed by atoms with van der Waals surface area (Å²) in [5.74, 6) is 1.65. The summed E-state index contributed by atoms with van der Waals surface area (Å²) < 4.78 is 6.24. The number of halogens is 2. The fraction of sp³-hybridized carbons (Fsp3) is 0.536. The average Bonchev–Trinajstić information content (AvgIpc) is 3.42.